The second-order valence-electron chi connectivity index (χ2n) is 5.35. The SMILES string of the molecule is CCc1nc2cc(C#N)c(Cl)cc2n1-c1ccc(CCN)cc1. The lowest BCUT2D eigenvalue weighted by Gasteiger charge is -2.09. The number of nitrogens with zero attached hydrogens (tertiary/aromatic N) is 3. The zero-order valence-corrected chi connectivity index (χ0v) is 13.6. The van der Waals surface area contributed by atoms with Gasteiger partial charge < -0.3 is 5.73 Å². The molecule has 0 aliphatic rings. The maximum absolute atomic E-state index is 9.13. The number of hydrogen-bond donors (Lipinski definition) is 1. The van der Waals surface area contributed by atoms with Gasteiger partial charge in [-0.2, -0.15) is 5.26 Å². The largest absolute Gasteiger partial charge is 0.330 e. The molecule has 0 fully saturated rings. The van der Waals surface area contributed by atoms with Crippen LogP contribution in [0, 0.1) is 11.3 Å². The quantitative estimate of drug-likeness (QED) is 0.797. The van der Waals surface area contributed by atoms with E-state index >= 15 is 0 Å². The first-order chi connectivity index (χ1) is 11.2. The monoisotopic (exact) mass is 324 g/mol. The average Bonchev–Trinajstić information content (AvgIpc) is 2.92. The van der Waals surface area contributed by atoms with Gasteiger partial charge in [0.2, 0.25) is 0 Å². The molecule has 1 aromatic heterocycles. The van der Waals surface area contributed by atoms with Crippen LogP contribution in [0.1, 0.15) is 23.9 Å². The number of fused-ring (bicyclic) bond motifs is 1. The van der Waals surface area contributed by atoms with E-state index in [0.29, 0.717) is 17.1 Å². The molecule has 3 aromatic rings. The molecule has 2 aromatic carbocycles. The van der Waals surface area contributed by atoms with Crippen LogP contribution in [0.2, 0.25) is 5.02 Å². The molecule has 0 atom stereocenters. The molecule has 4 nitrogen and oxygen atoms in total. The van der Waals surface area contributed by atoms with E-state index in [0.717, 1.165) is 35.4 Å². The van der Waals surface area contributed by atoms with Crippen LogP contribution < -0.4 is 5.73 Å². The predicted molar refractivity (Wildman–Crippen MR) is 92.9 cm³/mol. The Morgan fingerprint density at radius 2 is 2.00 bits per heavy atom. The number of halogens is 1. The van der Waals surface area contributed by atoms with E-state index in [1.807, 2.05) is 6.07 Å². The van der Waals surface area contributed by atoms with E-state index in [1.165, 1.54) is 5.56 Å². The van der Waals surface area contributed by atoms with Crippen molar-refractivity contribution in [1.82, 2.24) is 9.55 Å². The second kappa shape index (κ2) is 6.41. The topological polar surface area (TPSA) is 67.6 Å². The Kier molecular flexibility index (Phi) is 4.33. The molecule has 0 amide bonds. The maximum atomic E-state index is 9.13. The number of aryl methyl sites for hydroxylation is 1. The fourth-order valence-corrected chi connectivity index (χ4v) is 2.94. The van der Waals surface area contributed by atoms with Crippen LogP contribution in [0.25, 0.3) is 16.7 Å². The van der Waals surface area contributed by atoms with E-state index < -0.39 is 0 Å². The Balaban J connectivity index is 2.19. The van der Waals surface area contributed by atoms with Gasteiger partial charge in [-0.1, -0.05) is 30.7 Å². The van der Waals surface area contributed by atoms with Crippen LogP contribution >= 0.6 is 11.6 Å². The number of hydrogen-bond acceptors (Lipinski definition) is 3. The number of aromatic nitrogens is 2. The number of rotatable bonds is 4. The van der Waals surface area contributed by atoms with Gasteiger partial charge in [0, 0.05) is 12.1 Å². The fraction of sp³-hybridized carbons (Fsp3) is 0.222. The molecule has 3 rings (SSSR count). The molecule has 0 unspecified atom stereocenters. The van der Waals surface area contributed by atoms with E-state index in [-0.39, 0.29) is 0 Å². The van der Waals surface area contributed by atoms with Crippen molar-refractivity contribution in [3.63, 3.8) is 0 Å². The van der Waals surface area contributed by atoms with E-state index in [2.05, 4.69) is 46.8 Å². The van der Waals surface area contributed by atoms with Gasteiger partial charge in [-0.3, -0.25) is 4.57 Å². The predicted octanol–water partition coefficient (Wildman–Crippen LogP) is 3.61. The maximum Gasteiger partial charge on any atom is 0.114 e. The van der Waals surface area contributed by atoms with Gasteiger partial charge in [0.05, 0.1) is 21.6 Å². The summed E-state index contributed by atoms with van der Waals surface area (Å²) in [7, 11) is 0. The van der Waals surface area contributed by atoms with Gasteiger partial charge in [-0.25, -0.2) is 4.98 Å². The van der Waals surface area contributed by atoms with Gasteiger partial charge in [0.25, 0.3) is 0 Å². The Morgan fingerprint density at radius 1 is 1.26 bits per heavy atom. The van der Waals surface area contributed by atoms with Crippen LogP contribution in [0.15, 0.2) is 36.4 Å². The van der Waals surface area contributed by atoms with Crippen LogP contribution in [-0.4, -0.2) is 16.1 Å². The lowest BCUT2D eigenvalue weighted by molar-refractivity contribution is 0.905. The molecule has 0 bridgehead atoms. The summed E-state index contributed by atoms with van der Waals surface area (Å²) in [5.41, 5.74) is 9.99. The van der Waals surface area contributed by atoms with Crippen LogP contribution in [0.5, 0.6) is 0 Å². The minimum absolute atomic E-state index is 0.448. The van der Waals surface area contributed by atoms with Crippen molar-refractivity contribution >= 4 is 22.6 Å². The van der Waals surface area contributed by atoms with Crippen LogP contribution in [-0.2, 0) is 12.8 Å². The summed E-state index contributed by atoms with van der Waals surface area (Å²) in [5, 5.41) is 9.58. The molecule has 0 radical (unpaired) electrons. The Labute approximate surface area is 140 Å². The Morgan fingerprint density at radius 3 is 2.61 bits per heavy atom. The third-order valence-electron chi connectivity index (χ3n) is 3.88. The zero-order valence-electron chi connectivity index (χ0n) is 12.9. The van der Waals surface area contributed by atoms with Crippen molar-refractivity contribution in [1.29, 1.82) is 5.26 Å². The first kappa shape index (κ1) is 15.5. The van der Waals surface area contributed by atoms with Crippen molar-refractivity contribution in [2.45, 2.75) is 19.8 Å². The van der Waals surface area contributed by atoms with E-state index in [9.17, 15) is 0 Å². The van der Waals surface area contributed by atoms with Gasteiger partial charge in [0.15, 0.2) is 0 Å². The highest BCUT2D eigenvalue weighted by Gasteiger charge is 2.14. The molecular formula is C18H17ClN4. The smallest absolute Gasteiger partial charge is 0.114 e. The molecule has 0 aliphatic carbocycles. The lowest BCUT2D eigenvalue weighted by atomic mass is 10.1. The first-order valence-corrected chi connectivity index (χ1v) is 7.96. The molecule has 116 valence electrons. The highest BCUT2D eigenvalue weighted by atomic mass is 35.5. The standard InChI is InChI=1S/C18H17ClN4/c1-2-18-22-16-9-13(11-21)15(19)10-17(16)23(18)14-5-3-12(4-6-14)7-8-20/h3-6,9-10H,2,7-8,20H2,1H3. The number of nitrogens with two attached hydrogens (primary N) is 1. The summed E-state index contributed by atoms with van der Waals surface area (Å²) in [6, 6.07) is 14.0. The van der Waals surface area contributed by atoms with Crippen molar-refractivity contribution in [3.05, 3.63) is 58.4 Å². The Hall–Kier alpha value is -2.35. The molecule has 2 N–H and O–H groups in total. The zero-order chi connectivity index (χ0) is 16.4. The van der Waals surface area contributed by atoms with Gasteiger partial charge in [-0.15, -0.1) is 0 Å². The molecule has 0 spiro atoms. The number of benzene rings is 2. The van der Waals surface area contributed by atoms with Gasteiger partial charge >= 0.3 is 0 Å². The molecule has 0 saturated heterocycles. The van der Waals surface area contributed by atoms with Crippen LogP contribution in [0.3, 0.4) is 0 Å². The highest BCUT2D eigenvalue weighted by Crippen LogP contribution is 2.27. The minimum atomic E-state index is 0.448. The summed E-state index contributed by atoms with van der Waals surface area (Å²) in [5.74, 6) is 0.942. The summed E-state index contributed by atoms with van der Waals surface area (Å²) >= 11 is 6.20. The highest BCUT2D eigenvalue weighted by molar-refractivity contribution is 6.32. The van der Waals surface area contributed by atoms with Crippen molar-refractivity contribution in [2.75, 3.05) is 6.54 Å². The molecular weight excluding hydrogens is 308 g/mol. The van der Waals surface area contributed by atoms with Crippen LogP contribution in [0.4, 0.5) is 0 Å². The summed E-state index contributed by atoms with van der Waals surface area (Å²) in [4.78, 5) is 4.65. The number of nitriles is 1. The van der Waals surface area contributed by atoms with Gasteiger partial charge in [-0.05, 0) is 42.8 Å². The minimum Gasteiger partial charge on any atom is -0.330 e. The number of imidazole rings is 1. The summed E-state index contributed by atoms with van der Waals surface area (Å²) in [6.45, 7) is 2.70. The third kappa shape index (κ3) is 2.81. The lowest BCUT2D eigenvalue weighted by Crippen LogP contribution is -2.03. The van der Waals surface area contributed by atoms with Crippen molar-refractivity contribution < 1.29 is 0 Å². The van der Waals surface area contributed by atoms with Crippen molar-refractivity contribution in [3.8, 4) is 11.8 Å². The molecule has 23 heavy (non-hydrogen) atoms. The third-order valence-corrected chi connectivity index (χ3v) is 4.19. The van der Waals surface area contributed by atoms with Gasteiger partial charge in [0.1, 0.15) is 11.9 Å². The van der Waals surface area contributed by atoms with Crippen molar-refractivity contribution in [2.24, 2.45) is 5.73 Å². The second-order valence-corrected chi connectivity index (χ2v) is 5.76. The molecule has 0 saturated carbocycles. The molecule has 0 aliphatic heterocycles. The summed E-state index contributed by atoms with van der Waals surface area (Å²) < 4.78 is 2.09. The summed E-state index contributed by atoms with van der Waals surface area (Å²) in [6.07, 6.45) is 1.65. The Bertz CT molecular complexity index is 888. The average molecular weight is 325 g/mol. The molecule has 5 heteroatoms. The first-order valence-electron chi connectivity index (χ1n) is 7.58. The van der Waals surface area contributed by atoms with E-state index in [4.69, 9.17) is 22.6 Å². The fourth-order valence-electron chi connectivity index (χ4n) is 2.74. The van der Waals surface area contributed by atoms with E-state index in [1.54, 1.807) is 6.07 Å². The normalized spacial score (nSPS) is 10.9. The molecule has 1 heterocycles.